The van der Waals surface area contributed by atoms with Crippen LogP contribution in [0.4, 0.5) is 11.9 Å². The van der Waals surface area contributed by atoms with Crippen LogP contribution >= 0.6 is 0 Å². The molecule has 106 valence electrons. The van der Waals surface area contributed by atoms with Gasteiger partial charge < -0.3 is 15.5 Å². The van der Waals surface area contributed by atoms with E-state index in [2.05, 4.69) is 15.0 Å². The second-order valence-electron chi connectivity index (χ2n) is 4.82. The largest absolute Gasteiger partial charge is 0.368 e. The van der Waals surface area contributed by atoms with Gasteiger partial charge >= 0.3 is 0 Å². The van der Waals surface area contributed by atoms with Gasteiger partial charge in [-0.1, -0.05) is 13.8 Å². The van der Waals surface area contributed by atoms with Crippen LogP contribution in [0.25, 0.3) is 0 Å². The number of nitrogens with zero attached hydrogens (tertiary/aromatic N) is 5. The number of carbonyl (C=O) groups is 1. The number of aromatic nitrogens is 3. The minimum Gasteiger partial charge on any atom is -0.368 e. The van der Waals surface area contributed by atoms with Crippen LogP contribution in [0.5, 0.6) is 0 Å². The van der Waals surface area contributed by atoms with Crippen LogP contribution in [0.15, 0.2) is 0 Å². The maximum Gasteiger partial charge on any atom is 0.237 e. The van der Waals surface area contributed by atoms with Gasteiger partial charge in [0.05, 0.1) is 6.54 Å². The average molecular weight is 266 g/mol. The van der Waals surface area contributed by atoms with Crippen LogP contribution in [0, 0.1) is 0 Å². The lowest BCUT2D eigenvalue weighted by molar-refractivity contribution is -0.116. The lowest BCUT2D eigenvalue weighted by Crippen LogP contribution is -2.35. The van der Waals surface area contributed by atoms with Crippen molar-refractivity contribution in [1.82, 2.24) is 15.0 Å². The van der Waals surface area contributed by atoms with Gasteiger partial charge in [0, 0.05) is 26.6 Å². The zero-order valence-corrected chi connectivity index (χ0v) is 12.2. The summed E-state index contributed by atoms with van der Waals surface area (Å²) >= 11 is 0. The van der Waals surface area contributed by atoms with E-state index in [9.17, 15) is 4.79 Å². The molecule has 19 heavy (non-hydrogen) atoms. The highest BCUT2D eigenvalue weighted by Crippen LogP contribution is 2.17. The number of primary amides is 1. The fraction of sp³-hybridized carbons (Fsp3) is 0.667. The molecule has 1 aromatic heterocycles. The number of hydrogen-bond donors (Lipinski definition) is 1. The second-order valence-corrected chi connectivity index (χ2v) is 4.82. The third-order valence-electron chi connectivity index (χ3n) is 2.56. The summed E-state index contributed by atoms with van der Waals surface area (Å²) in [6.07, 6.45) is 0. The van der Waals surface area contributed by atoms with Crippen LogP contribution in [0.1, 0.15) is 32.5 Å². The Bertz CT molecular complexity index is 420. The third-order valence-corrected chi connectivity index (χ3v) is 2.56. The van der Waals surface area contributed by atoms with E-state index in [-0.39, 0.29) is 12.5 Å². The van der Waals surface area contributed by atoms with Crippen molar-refractivity contribution >= 4 is 17.8 Å². The van der Waals surface area contributed by atoms with Crippen molar-refractivity contribution in [2.45, 2.75) is 26.7 Å². The summed E-state index contributed by atoms with van der Waals surface area (Å²) in [5.74, 6) is 1.56. The van der Waals surface area contributed by atoms with E-state index in [1.807, 2.05) is 39.8 Å². The smallest absolute Gasteiger partial charge is 0.237 e. The highest BCUT2D eigenvalue weighted by molar-refractivity contribution is 5.78. The molecule has 0 aromatic carbocycles. The molecule has 0 bridgehead atoms. The molecule has 7 nitrogen and oxygen atoms in total. The molecule has 1 rings (SSSR count). The number of amides is 1. The molecule has 0 spiro atoms. The van der Waals surface area contributed by atoms with Crippen molar-refractivity contribution in [3.63, 3.8) is 0 Å². The molecular weight excluding hydrogens is 244 g/mol. The van der Waals surface area contributed by atoms with Crippen LogP contribution in [0.2, 0.25) is 0 Å². The Labute approximate surface area is 113 Å². The zero-order valence-electron chi connectivity index (χ0n) is 12.2. The predicted molar refractivity (Wildman–Crippen MR) is 75.3 cm³/mol. The number of rotatable bonds is 6. The molecule has 0 atom stereocenters. The monoisotopic (exact) mass is 266 g/mol. The summed E-state index contributed by atoms with van der Waals surface area (Å²) in [5, 5.41) is 0. The minimum absolute atomic E-state index is 0.102. The van der Waals surface area contributed by atoms with E-state index in [1.54, 1.807) is 4.90 Å². The van der Waals surface area contributed by atoms with Crippen LogP contribution < -0.4 is 15.5 Å². The lowest BCUT2D eigenvalue weighted by Gasteiger charge is -2.21. The van der Waals surface area contributed by atoms with Crippen LogP contribution in [0.3, 0.4) is 0 Å². The van der Waals surface area contributed by atoms with Gasteiger partial charge in [0.25, 0.3) is 0 Å². The Hall–Kier alpha value is -1.92. The molecule has 0 aliphatic rings. The zero-order chi connectivity index (χ0) is 14.6. The summed E-state index contributed by atoms with van der Waals surface area (Å²) in [6, 6.07) is 0. The summed E-state index contributed by atoms with van der Waals surface area (Å²) in [6.45, 7) is 6.67. The number of carbonyl (C=O) groups excluding carboxylic acids is 1. The summed E-state index contributed by atoms with van der Waals surface area (Å²) < 4.78 is 0. The second kappa shape index (κ2) is 6.31. The number of likely N-dealkylation sites (N-methyl/N-ethyl adjacent to an activating group) is 1. The Kier molecular flexibility index (Phi) is 5.02. The molecule has 0 saturated carbocycles. The van der Waals surface area contributed by atoms with Gasteiger partial charge in [-0.15, -0.1) is 0 Å². The van der Waals surface area contributed by atoms with Gasteiger partial charge in [-0.2, -0.15) is 15.0 Å². The van der Waals surface area contributed by atoms with E-state index in [0.717, 1.165) is 0 Å². The van der Waals surface area contributed by atoms with Crippen molar-refractivity contribution in [2.24, 2.45) is 5.73 Å². The lowest BCUT2D eigenvalue weighted by atomic mass is 10.2. The fourth-order valence-electron chi connectivity index (χ4n) is 1.48. The molecule has 1 heterocycles. The molecule has 7 heteroatoms. The van der Waals surface area contributed by atoms with E-state index in [4.69, 9.17) is 5.73 Å². The van der Waals surface area contributed by atoms with Crippen molar-refractivity contribution < 1.29 is 4.79 Å². The Balaban J connectivity index is 3.20. The highest BCUT2D eigenvalue weighted by atomic mass is 16.1. The van der Waals surface area contributed by atoms with Gasteiger partial charge in [-0.05, 0) is 6.92 Å². The Morgan fingerprint density at radius 2 is 1.79 bits per heavy atom. The predicted octanol–water partition coefficient (Wildman–Crippen LogP) is 0.373. The first kappa shape index (κ1) is 15.1. The van der Waals surface area contributed by atoms with Gasteiger partial charge in [0.1, 0.15) is 5.82 Å². The first-order valence-corrected chi connectivity index (χ1v) is 6.31. The van der Waals surface area contributed by atoms with Gasteiger partial charge in [0.2, 0.25) is 17.8 Å². The first-order chi connectivity index (χ1) is 8.85. The average Bonchev–Trinajstić information content (AvgIpc) is 2.34. The van der Waals surface area contributed by atoms with Crippen LogP contribution in [-0.2, 0) is 4.79 Å². The highest BCUT2D eigenvalue weighted by Gasteiger charge is 2.16. The SMILES string of the molecule is CCN(CC(N)=O)c1nc(C(C)C)nc(N(C)C)n1. The Morgan fingerprint density at radius 1 is 1.21 bits per heavy atom. The van der Waals surface area contributed by atoms with Crippen molar-refractivity contribution in [3.8, 4) is 0 Å². The standard InChI is InChI=1S/C12H22N6O/c1-6-18(7-9(13)19)12-15-10(8(2)3)14-11(16-12)17(4)5/h8H,6-7H2,1-5H3,(H2,13,19). The molecule has 0 unspecified atom stereocenters. The molecule has 0 aliphatic heterocycles. The topological polar surface area (TPSA) is 88.2 Å². The van der Waals surface area contributed by atoms with Gasteiger partial charge in [-0.3, -0.25) is 4.79 Å². The molecule has 0 aliphatic carbocycles. The quantitative estimate of drug-likeness (QED) is 0.800. The Morgan fingerprint density at radius 3 is 2.21 bits per heavy atom. The van der Waals surface area contributed by atoms with Gasteiger partial charge in [-0.25, -0.2) is 0 Å². The first-order valence-electron chi connectivity index (χ1n) is 6.31. The molecule has 0 saturated heterocycles. The van der Waals surface area contributed by atoms with E-state index < -0.39 is 5.91 Å². The molecule has 1 aromatic rings. The van der Waals surface area contributed by atoms with Crippen molar-refractivity contribution in [3.05, 3.63) is 5.82 Å². The molecule has 1 amide bonds. The number of hydrogen-bond acceptors (Lipinski definition) is 6. The minimum atomic E-state index is -0.403. The molecular formula is C12H22N6O. The number of anilines is 2. The molecule has 0 fully saturated rings. The third kappa shape index (κ3) is 4.04. The van der Waals surface area contributed by atoms with Crippen molar-refractivity contribution in [1.29, 1.82) is 0 Å². The summed E-state index contributed by atoms with van der Waals surface area (Å²) in [5.41, 5.74) is 5.24. The maximum atomic E-state index is 11.1. The normalized spacial score (nSPS) is 10.6. The summed E-state index contributed by atoms with van der Waals surface area (Å²) in [7, 11) is 3.74. The van der Waals surface area contributed by atoms with E-state index >= 15 is 0 Å². The fourth-order valence-corrected chi connectivity index (χ4v) is 1.48. The molecule has 2 N–H and O–H groups in total. The molecule has 0 radical (unpaired) electrons. The van der Waals surface area contributed by atoms with E-state index in [1.165, 1.54) is 0 Å². The van der Waals surface area contributed by atoms with Gasteiger partial charge in [0.15, 0.2) is 0 Å². The van der Waals surface area contributed by atoms with Crippen LogP contribution in [-0.4, -0.2) is 48.0 Å². The van der Waals surface area contributed by atoms with E-state index in [0.29, 0.717) is 24.3 Å². The summed E-state index contributed by atoms with van der Waals surface area (Å²) in [4.78, 5) is 27.8. The maximum absolute atomic E-state index is 11.1. The number of nitrogens with two attached hydrogens (primary N) is 1. The van der Waals surface area contributed by atoms with Crippen molar-refractivity contribution in [2.75, 3.05) is 37.0 Å².